The smallest absolute Gasteiger partial charge is 0.131 e. The molecule has 2 heteroatoms. The Morgan fingerprint density at radius 3 is 2.93 bits per heavy atom. The summed E-state index contributed by atoms with van der Waals surface area (Å²) in [6.45, 7) is 4.34. The Labute approximate surface area is 83.5 Å². The first-order valence-electron chi connectivity index (χ1n) is 4.71. The first-order chi connectivity index (χ1) is 6.58. The van der Waals surface area contributed by atoms with Crippen molar-refractivity contribution in [3.63, 3.8) is 0 Å². The fraction of sp³-hybridized carbons (Fsp3) is 0.250. The zero-order valence-electron chi connectivity index (χ0n) is 8.49. The third-order valence-corrected chi connectivity index (χ3v) is 2.37. The Morgan fingerprint density at radius 2 is 2.14 bits per heavy atom. The Morgan fingerprint density at radius 1 is 1.36 bits per heavy atom. The number of hydrogen-bond acceptors (Lipinski definition) is 2. The number of pyridine rings is 1. The molecule has 1 aromatic heterocycles. The molecular weight excluding hydrogens is 172 g/mol. The third-order valence-electron chi connectivity index (χ3n) is 2.37. The minimum absolute atomic E-state index is 0.0789. The molecule has 2 N–H and O–H groups in total. The first kappa shape index (κ1) is 9.00. The largest absolute Gasteiger partial charge is 0.383 e. The van der Waals surface area contributed by atoms with Crippen molar-refractivity contribution in [3.8, 4) is 0 Å². The molecule has 14 heavy (non-hydrogen) atoms. The van der Waals surface area contributed by atoms with Crippen LogP contribution in [-0.4, -0.2) is 4.98 Å². The van der Waals surface area contributed by atoms with Crippen LogP contribution in [0.1, 0.15) is 13.8 Å². The normalized spacial score (nSPS) is 17.6. The van der Waals surface area contributed by atoms with Gasteiger partial charge in [0.05, 0.1) is 0 Å². The Hall–Kier alpha value is -1.57. The van der Waals surface area contributed by atoms with Gasteiger partial charge in [-0.25, -0.2) is 4.98 Å². The molecule has 0 fully saturated rings. The highest BCUT2D eigenvalue weighted by atomic mass is 14.8. The van der Waals surface area contributed by atoms with Crippen LogP contribution in [0.5, 0.6) is 0 Å². The zero-order valence-corrected chi connectivity index (χ0v) is 8.49. The third kappa shape index (κ3) is 1.55. The van der Waals surface area contributed by atoms with Crippen molar-refractivity contribution in [2.45, 2.75) is 13.8 Å². The molecule has 0 saturated heterocycles. The maximum atomic E-state index is 5.80. The number of fused-ring (bicyclic) bond motifs is 1. The highest BCUT2D eigenvalue weighted by Gasteiger charge is 2.10. The number of rotatable bonds is 0. The molecule has 0 unspecified atom stereocenters. The van der Waals surface area contributed by atoms with Crippen molar-refractivity contribution in [2.75, 3.05) is 5.73 Å². The van der Waals surface area contributed by atoms with E-state index in [0.29, 0.717) is 5.82 Å². The predicted octanol–water partition coefficient (Wildman–Crippen LogP) is 0.821. The fourth-order valence-electron chi connectivity index (χ4n) is 1.65. The molecule has 1 heterocycles. The molecule has 1 aromatic rings. The van der Waals surface area contributed by atoms with Crippen LogP contribution < -0.4 is 16.2 Å². The summed E-state index contributed by atoms with van der Waals surface area (Å²) >= 11 is 0. The molecule has 0 radical (unpaired) electrons. The minimum Gasteiger partial charge on any atom is -0.383 e. The van der Waals surface area contributed by atoms with E-state index in [9.17, 15) is 0 Å². The van der Waals surface area contributed by atoms with Gasteiger partial charge >= 0.3 is 0 Å². The molecule has 1 aliphatic rings. The summed E-state index contributed by atoms with van der Waals surface area (Å²) in [4.78, 5) is 4.07. The van der Waals surface area contributed by atoms with Gasteiger partial charge in [0.2, 0.25) is 0 Å². The molecule has 0 saturated carbocycles. The van der Waals surface area contributed by atoms with E-state index < -0.39 is 0 Å². The molecule has 1 aliphatic carbocycles. The van der Waals surface area contributed by atoms with Crippen molar-refractivity contribution in [1.29, 1.82) is 0 Å². The lowest BCUT2D eigenvalue weighted by atomic mass is 9.92. The average molecular weight is 186 g/mol. The van der Waals surface area contributed by atoms with E-state index in [0.717, 1.165) is 10.4 Å². The summed E-state index contributed by atoms with van der Waals surface area (Å²) in [7, 11) is 0. The van der Waals surface area contributed by atoms with E-state index in [-0.39, 0.29) is 5.41 Å². The predicted molar refractivity (Wildman–Crippen MR) is 59.8 cm³/mol. The van der Waals surface area contributed by atoms with Gasteiger partial charge in [-0.15, -0.1) is 0 Å². The molecule has 0 aromatic carbocycles. The topological polar surface area (TPSA) is 38.9 Å². The van der Waals surface area contributed by atoms with Crippen LogP contribution in [0, 0.1) is 5.41 Å². The molecule has 0 aliphatic heterocycles. The highest BCUT2D eigenvalue weighted by Crippen LogP contribution is 2.19. The maximum absolute atomic E-state index is 5.80. The summed E-state index contributed by atoms with van der Waals surface area (Å²) in [5.41, 5.74) is 5.88. The Bertz CT molecular complexity index is 496. The standard InChI is InChI=1S/C12H14N2/c1-12(2)6-3-4-10-9(8-12)5-7-14-11(10)13/h3-8H,1-2H3,(H2,13,14). The number of aromatic nitrogens is 1. The van der Waals surface area contributed by atoms with Crippen LogP contribution in [0.3, 0.4) is 0 Å². The minimum atomic E-state index is 0.0789. The monoisotopic (exact) mass is 186 g/mol. The summed E-state index contributed by atoms with van der Waals surface area (Å²) in [6, 6.07) is 2.00. The van der Waals surface area contributed by atoms with Gasteiger partial charge in [-0.1, -0.05) is 38.2 Å². The van der Waals surface area contributed by atoms with Gasteiger partial charge < -0.3 is 5.73 Å². The summed E-state index contributed by atoms with van der Waals surface area (Å²) in [6.07, 6.45) is 10.2. The molecule has 0 amide bonds. The van der Waals surface area contributed by atoms with Crippen LogP contribution in [-0.2, 0) is 0 Å². The van der Waals surface area contributed by atoms with E-state index in [1.807, 2.05) is 18.2 Å². The number of anilines is 1. The van der Waals surface area contributed by atoms with Crippen molar-refractivity contribution in [2.24, 2.45) is 5.41 Å². The van der Waals surface area contributed by atoms with Crippen LogP contribution in [0.15, 0.2) is 24.4 Å². The second-order valence-electron chi connectivity index (χ2n) is 4.19. The van der Waals surface area contributed by atoms with Gasteiger partial charge in [0.15, 0.2) is 0 Å². The van der Waals surface area contributed by atoms with Gasteiger partial charge in [-0.2, -0.15) is 0 Å². The number of nitrogens with two attached hydrogens (primary N) is 1. The maximum Gasteiger partial charge on any atom is 0.131 e. The zero-order chi connectivity index (χ0) is 10.2. The lowest BCUT2D eigenvalue weighted by Gasteiger charge is -2.12. The van der Waals surface area contributed by atoms with E-state index in [1.54, 1.807) is 6.20 Å². The summed E-state index contributed by atoms with van der Waals surface area (Å²) in [5, 5.41) is 2.18. The molecule has 0 atom stereocenters. The molecule has 2 nitrogen and oxygen atoms in total. The molecule has 0 bridgehead atoms. The second kappa shape index (κ2) is 2.98. The summed E-state index contributed by atoms with van der Waals surface area (Å²) < 4.78 is 0. The average Bonchev–Trinajstić information content (AvgIpc) is 2.23. The first-order valence-corrected chi connectivity index (χ1v) is 4.71. The van der Waals surface area contributed by atoms with Crippen molar-refractivity contribution in [1.82, 2.24) is 4.98 Å². The van der Waals surface area contributed by atoms with Crippen molar-refractivity contribution in [3.05, 3.63) is 34.9 Å². The van der Waals surface area contributed by atoms with E-state index >= 15 is 0 Å². The number of nitrogen functional groups attached to an aromatic ring is 1. The van der Waals surface area contributed by atoms with Gasteiger partial charge in [0.1, 0.15) is 5.82 Å². The molecular formula is C12H14N2. The van der Waals surface area contributed by atoms with Gasteiger partial charge in [-0.05, 0) is 11.3 Å². The van der Waals surface area contributed by atoms with E-state index in [1.165, 1.54) is 0 Å². The molecule has 0 spiro atoms. The van der Waals surface area contributed by atoms with Gasteiger partial charge in [0, 0.05) is 16.8 Å². The van der Waals surface area contributed by atoms with Gasteiger partial charge in [-0.3, -0.25) is 0 Å². The van der Waals surface area contributed by atoms with Crippen molar-refractivity contribution < 1.29 is 0 Å². The Balaban J connectivity index is 2.83. The van der Waals surface area contributed by atoms with Crippen LogP contribution in [0.2, 0.25) is 0 Å². The quantitative estimate of drug-likeness (QED) is 0.651. The van der Waals surface area contributed by atoms with Crippen LogP contribution in [0.4, 0.5) is 5.82 Å². The van der Waals surface area contributed by atoms with Crippen molar-refractivity contribution >= 4 is 18.0 Å². The molecule has 2 rings (SSSR count). The van der Waals surface area contributed by atoms with E-state index in [4.69, 9.17) is 5.73 Å². The SMILES string of the molecule is CC1(C)C=CC=c2c(N)nccc2=C1. The molecule has 72 valence electrons. The summed E-state index contributed by atoms with van der Waals surface area (Å²) in [5.74, 6) is 0.598. The number of allylic oxidation sites excluding steroid dienone is 2. The highest BCUT2D eigenvalue weighted by molar-refractivity contribution is 5.53. The van der Waals surface area contributed by atoms with Crippen LogP contribution in [0.25, 0.3) is 12.2 Å². The number of hydrogen-bond donors (Lipinski definition) is 1. The number of nitrogens with zero attached hydrogens (tertiary/aromatic N) is 1. The van der Waals surface area contributed by atoms with Crippen LogP contribution >= 0.6 is 0 Å². The lowest BCUT2D eigenvalue weighted by Crippen LogP contribution is -2.29. The van der Waals surface area contributed by atoms with Gasteiger partial charge in [0.25, 0.3) is 0 Å². The Kier molecular flexibility index (Phi) is 1.92. The second-order valence-corrected chi connectivity index (χ2v) is 4.19. The van der Waals surface area contributed by atoms with E-state index in [2.05, 4.69) is 31.0 Å². The lowest BCUT2D eigenvalue weighted by molar-refractivity contribution is 0.670. The fourth-order valence-corrected chi connectivity index (χ4v) is 1.65.